The van der Waals surface area contributed by atoms with Crippen molar-refractivity contribution in [2.75, 3.05) is 16.8 Å². The van der Waals surface area contributed by atoms with Crippen LogP contribution in [0.3, 0.4) is 0 Å². The van der Waals surface area contributed by atoms with Crippen LogP contribution in [-0.2, 0) is 6.18 Å². The zero-order valence-electron chi connectivity index (χ0n) is 13.5. The van der Waals surface area contributed by atoms with Crippen molar-refractivity contribution in [2.24, 2.45) is 0 Å². The smallest absolute Gasteiger partial charge is 0.308 e. The molecule has 2 aromatic rings. The highest BCUT2D eigenvalue weighted by Gasteiger charge is 2.31. The molecule has 1 N–H and O–H groups in total. The number of rotatable bonds is 2. The Hall–Kier alpha value is -2.15. The van der Waals surface area contributed by atoms with Gasteiger partial charge in [-0.25, -0.2) is 4.79 Å². The summed E-state index contributed by atoms with van der Waals surface area (Å²) in [4.78, 5) is 15.3. The number of alkyl halides is 3. The summed E-state index contributed by atoms with van der Waals surface area (Å²) in [5.74, 6) is 0. The number of amides is 2. The predicted octanol–water partition coefficient (Wildman–Crippen LogP) is 5.63. The first-order valence-electron chi connectivity index (χ1n) is 7.90. The lowest BCUT2D eigenvalue weighted by Gasteiger charge is -2.33. The zero-order valence-corrected chi connectivity index (χ0v) is 14.3. The SMILES string of the molecule is CC[C@H]1CN(C(=O)Nc2cccc(C(F)(F)F)c2)c2ccccc2S1. The monoisotopic (exact) mass is 366 g/mol. The molecule has 3 nitrogen and oxygen atoms in total. The summed E-state index contributed by atoms with van der Waals surface area (Å²) < 4.78 is 38.5. The average molecular weight is 366 g/mol. The number of nitrogens with zero attached hydrogens (tertiary/aromatic N) is 1. The molecule has 132 valence electrons. The molecule has 0 unspecified atom stereocenters. The van der Waals surface area contributed by atoms with E-state index < -0.39 is 17.8 Å². The number of hydrogen-bond acceptors (Lipinski definition) is 2. The van der Waals surface area contributed by atoms with Gasteiger partial charge in [-0.3, -0.25) is 4.90 Å². The molecule has 1 aliphatic rings. The van der Waals surface area contributed by atoms with Gasteiger partial charge in [0.2, 0.25) is 0 Å². The highest BCUT2D eigenvalue weighted by Crippen LogP contribution is 2.39. The van der Waals surface area contributed by atoms with Gasteiger partial charge in [0.15, 0.2) is 0 Å². The lowest BCUT2D eigenvalue weighted by atomic mass is 10.2. The number of halogens is 3. The molecule has 2 aromatic carbocycles. The van der Waals surface area contributed by atoms with Crippen LogP contribution in [0.1, 0.15) is 18.9 Å². The molecule has 2 amide bonds. The standard InChI is InChI=1S/C18H17F3N2OS/c1-2-14-11-23(15-8-3-4-9-16(15)25-14)17(24)22-13-7-5-6-12(10-13)18(19,20)21/h3-10,14H,2,11H2,1H3,(H,22,24)/t14-/m0/s1. The van der Waals surface area contributed by atoms with E-state index in [0.717, 1.165) is 29.1 Å². The summed E-state index contributed by atoms with van der Waals surface area (Å²) in [5, 5.41) is 2.84. The van der Waals surface area contributed by atoms with Crippen molar-refractivity contribution < 1.29 is 18.0 Å². The van der Waals surface area contributed by atoms with Crippen LogP contribution in [-0.4, -0.2) is 17.8 Å². The summed E-state index contributed by atoms with van der Waals surface area (Å²) >= 11 is 1.72. The van der Waals surface area contributed by atoms with E-state index in [0.29, 0.717) is 6.54 Å². The normalized spacial score (nSPS) is 17.1. The second-order valence-corrected chi connectivity index (χ2v) is 7.08. The molecule has 0 spiro atoms. The Morgan fingerprint density at radius 1 is 1.24 bits per heavy atom. The van der Waals surface area contributed by atoms with Gasteiger partial charge in [-0.1, -0.05) is 25.1 Å². The van der Waals surface area contributed by atoms with Gasteiger partial charge in [0, 0.05) is 22.4 Å². The van der Waals surface area contributed by atoms with Gasteiger partial charge < -0.3 is 5.32 Å². The highest BCUT2D eigenvalue weighted by atomic mass is 32.2. The molecule has 1 aliphatic heterocycles. The first kappa shape index (κ1) is 17.7. The van der Waals surface area contributed by atoms with Gasteiger partial charge in [0.1, 0.15) is 0 Å². The second-order valence-electron chi connectivity index (χ2n) is 5.74. The Balaban J connectivity index is 1.84. The molecule has 0 saturated carbocycles. The molecule has 25 heavy (non-hydrogen) atoms. The van der Waals surface area contributed by atoms with E-state index in [4.69, 9.17) is 0 Å². The fraction of sp³-hybridized carbons (Fsp3) is 0.278. The maximum atomic E-state index is 12.8. The highest BCUT2D eigenvalue weighted by molar-refractivity contribution is 8.00. The van der Waals surface area contributed by atoms with Crippen LogP contribution in [0, 0.1) is 0 Å². The molecule has 1 atom stereocenters. The molecule has 0 fully saturated rings. The molecule has 3 rings (SSSR count). The Morgan fingerprint density at radius 3 is 2.72 bits per heavy atom. The number of hydrogen-bond donors (Lipinski definition) is 1. The average Bonchev–Trinajstić information content (AvgIpc) is 2.60. The topological polar surface area (TPSA) is 32.3 Å². The van der Waals surface area contributed by atoms with Gasteiger partial charge in [-0.05, 0) is 36.8 Å². The number of carbonyl (C=O) groups is 1. The summed E-state index contributed by atoms with van der Waals surface area (Å²) in [5.41, 5.74) is 0.122. The minimum absolute atomic E-state index is 0.128. The van der Waals surface area contributed by atoms with E-state index in [1.807, 2.05) is 24.3 Å². The van der Waals surface area contributed by atoms with Crippen molar-refractivity contribution in [3.05, 3.63) is 54.1 Å². The summed E-state index contributed by atoms with van der Waals surface area (Å²) in [6.07, 6.45) is -3.55. The molecule has 0 saturated heterocycles. The molecule has 7 heteroatoms. The van der Waals surface area contributed by atoms with Crippen LogP contribution in [0.5, 0.6) is 0 Å². The number of para-hydroxylation sites is 1. The number of fused-ring (bicyclic) bond motifs is 1. The molecule has 0 aliphatic carbocycles. The first-order valence-corrected chi connectivity index (χ1v) is 8.78. The van der Waals surface area contributed by atoms with Crippen molar-refractivity contribution in [2.45, 2.75) is 29.7 Å². The van der Waals surface area contributed by atoms with Crippen LogP contribution in [0.2, 0.25) is 0 Å². The Labute approximate surface area is 148 Å². The maximum Gasteiger partial charge on any atom is 0.416 e. The number of thioether (sulfide) groups is 1. The quantitative estimate of drug-likeness (QED) is 0.747. The Morgan fingerprint density at radius 2 is 2.00 bits per heavy atom. The van der Waals surface area contributed by atoms with Gasteiger partial charge in [0.25, 0.3) is 0 Å². The maximum absolute atomic E-state index is 12.8. The van der Waals surface area contributed by atoms with E-state index in [1.54, 1.807) is 16.7 Å². The van der Waals surface area contributed by atoms with Gasteiger partial charge >= 0.3 is 12.2 Å². The largest absolute Gasteiger partial charge is 0.416 e. The van der Waals surface area contributed by atoms with E-state index in [9.17, 15) is 18.0 Å². The zero-order chi connectivity index (χ0) is 18.0. The molecule has 0 radical (unpaired) electrons. The third-order valence-electron chi connectivity index (χ3n) is 3.98. The third-order valence-corrected chi connectivity index (χ3v) is 5.39. The van der Waals surface area contributed by atoms with Crippen molar-refractivity contribution in [3.8, 4) is 0 Å². The van der Waals surface area contributed by atoms with E-state index in [-0.39, 0.29) is 10.9 Å². The number of nitrogens with one attached hydrogen (secondary N) is 1. The minimum atomic E-state index is -4.44. The molecule has 0 bridgehead atoms. The third kappa shape index (κ3) is 3.92. The van der Waals surface area contributed by atoms with Crippen LogP contribution < -0.4 is 10.2 Å². The minimum Gasteiger partial charge on any atom is -0.308 e. The lowest BCUT2D eigenvalue weighted by molar-refractivity contribution is -0.137. The molecular formula is C18H17F3N2OS. The van der Waals surface area contributed by atoms with Crippen molar-refractivity contribution in [1.29, 1.82) is 0 Å². The number of carbonyl (C=O) groups excluding carboxylic acids is 1. The van der Waals surface area contributed by atoms with Crippen molar-refractivity contribution >= 4 is 29.2 Å². The fourth-order valence-electron chi connectivity index (χ4n) is 2.67. The molecule has 0 aromatic heterocycles. The summed E-state index contributed by atoms with van der Waals surface area (Å²) in [7, 11) is 0. The second kappa shape index (κ2) is 7.00. The van der Waals surface area contributed by atoms with Crippen molar-refractivity contribution in [1.82, 2.24) is 0 Å². The van der Waals surface area contributed by atoms with Crippen LogP contribution in [0.25, 0.3) is 0 Å². The van der Waals surface area contributed by atoms with E-state index in [2.05, 4.69) is 12.2 Å². The number of benzene rings is 2. The van der Waals surface area contributed by atoms with Gasteiger partial charge in [-0.15, -0.1) is 11.8 Å². The molecule has 1 heterocycles. The van der Waals surface area contributed by atoms with Gasteiger partial charge in [0.05, 0.1) is 11.3 Å². The lowest BCUT2D eigenvalue weighted by Crippen LogP contribution is -2.41. The van der Waals surface area contributed by atoms with Crippen LogP contribution >= 0.6 is 11.8 Å². The Kier molecular flexibility index (Phi) is 4.94. The fourth-order valence-corrected chi connectivity index (χ4v) is 3.87. The van der Waals surface area contributed by atoms with E-state index in [1.165, 1.54) is 12.1 Å². The Bertz CT molecular complexity index is 779. The number of urea groups is 1. The van der Waals surface area contributed by atoms with Crippen molar-refractivity contribution in [3.63, 3.8) is 0 Å². The van der Waals surface area contributed by atoms with Crippen LogP contribution in [0.4, 0.5) is 29.3 Å². The van der Waals surface area contributed by atoms with Gasteiger partial charge in [-0.2, -0.15) is 13.2 Å². The first-order chi connectivity index (χ1) is 11.9. The summed E-state index contributed by atoms with van der Waals surface area (Å²) in [6, 6.07) is 11.8. The number of anilines is 2. The van der Waals surface area contributed by atoms with Crippen LogP contribution in [0.15, 0.2) is 53.4 Å². The summed E-state index contributed by atoms with van der Waals surface area (Å²) in [6.45, 7) is 2.57. The molecular weight excluding hydrogens is 349 g/mol. The predicted molar refractivity (Wildman–Crippen MR) is 94.2 cm³/mol. The van der Waals surface area contributed by atoms with E-state index >= 15 is 0 Å².